The molecule has 0 bridgehead atoms. The third kappa shape index (κ3) is 4.48. The second-order valence-electron chi connectivity index (χ2n) is 6.90. The number of halogens is 2. The Morgan fingerprint density at radius 3 is 2.57 bits per heavy atom. The Bertz CT molecular complexity index is 791. The third-order valence-corrected chi connectivity index (χ3v) is 4.90. The molecular formula is C19H24F2N4O3. The Morgan fingerprint density at radius 2 is 1.93 bits per heavy atom. The Labute approximate surface area is 162 Å². The van der Waals surface area contributed by atoms with E-state index >= 15 is 0 Å². The molecule has 0 aliphatic carbocycles. The molecule has 3 rings (SSSR count). The van der Waals surface area contributed by atoms with Gasteiger partial charge in [0, 0.05) is 38.4 Å². The fraction of sp³-hybridized carbons (Fsp3) is 0.474. The first-order valence-electron chi connectivity index (χ1n) is 9.22. The minimum atomic E-state index is -1.05. The number of urea groups is 1. The highest BCUT2D eigenvalue weighted by atomic mass is 19.2. The van der Waals surface area contributed by atoms with Gasteiger partial charge >= 0.3 is 12.0 Å². The standard InChI is InChI=1S/C19H24F2N4O3/c1-3-28-18(26)16-15(11-25-8-6-24(2)7-9-25)22-19(27)23-17(16)12-4-5-13(20)14(21)10-12/h4-5,10,17H,3,6-9,11H2,1-2H3,(H2,22,23,27). The lowest BCUT2D eigenvalue weighted by Crippen LogP contribution is -2.51. The molecule has 2 amide bonds. The van der Waals surface area contributed by atoms with Crippen molar-refractivity contribution in [3.05, 3.63) is 46.7 Å². The molecule has 1 aromatic carbocycles. The molecule has 2 N–H and O–H groups in total. The van der Waals surface area contributed by atoms with Gasteiger partial charge in [-0.25, -0.2) is 18.4 Å². The number of rotatable bonds is 5. The summed E-state index contributed by atoms with van der Waals surface area (Å²) in [5, 5.41) is 5.31. The monoisotopic (exact) mass is 394 g/mol. The molecule has 0 saturated carbocycles. The van der Waals surface area contributed by atoms with Crippen LogP contribution < -0.4 is 10.6 Å². The number of nitrogens with one attached hydrogen (secondary N) is 2. The molecule has 2 aliphatic rings. The van der Waals surface area contributed by atoms with Crippen molar-refractivity contribution in [1.29, 1.82) is 0 Å². The van der Waals surface area contributed by atoms with Crippen LogP contribution in [0.2, 0.25) is 0 Å². The molecule has 9 heteroatoms. The van der Waals surface area contributed by atoms with E-state index in [1.54, 1.807) is 6.92 Å². The Kier molecular flexibility index (Phi) is 6.25. The second-order valence-corrected chi connectivity index (χ2v) is 6.90. The predicted octanol–water partition coefficient (Wildman–Crippen LogP) is 1.38. The Hall–Kier alpha value is -2.52. The third-order valence-electron chi connectivity index (χ3n) is 4.90. The number of ether oxygens (including phenoxy) is 1. The molecular weight excluding hydrogens is 370 g/mol. The largest absolute Gasteiger partial charge is 0.463 e. The van der Waals surface area contributed by atoms with Gasteiger partial charge in [0.1, 0.15) is 0 Å². The van der Waals surface area contributed by atoms with E-state index < -0.39 is 29.7 Å². The summed E-state index contributed by atoms with van der Waals surface area (Å²) < 4.78 is 32.3. The van der Waals surface area contributed by atoms with Crippen LogP contribution in [-0.4, -0.2) is 68.2 Å². The van der Waals surface area contributed by atoms with Crippen molar-refractivity contribution < 1.29 is 23.1 Å². The minimum absolute atomic E-state index is 0.155. The first-order valence-corrected chi connectivity index (χ1v) is 9.22. The van der Waals surface area contributed by atoms with Crippen LogP contribution in [0.1, 0.15) is 18.5 Å². The summed E-state index contributed by atoms with van der Waals surface area (Å²) in [6, 6.07) is 1.87. The highest BCUT2D eigenvalue weighted by Crippen LogP contribution is 2.29. The number of nitrogens with zero attached hydrogens (tertiary/aromatic N) is 2. The van der Waals surface area contributed by atoms with Crippen LogP contribution in [0.5, 0.6) is 0 Å². The van der Waals surface area contributed by atoms with E-state index in [9.17, 15) is 18.4 Å². The summed E-state index contributed by atoms with van der Waals surface area (Å²) in [6.45, 7) is 5.52. The van der Waals surface area contributed by atoms with Gasteiger partial charge in [0.15, 0.2) is 11.6 Å². The topological polar surface area (TPSA) is 73.9 Å². The zero-order valence-electron chi connectivity index (χ0n) is 15.9. The Morgan fingerprint density at radius 1 is 1.21 bits per heavy atom. The van der Waals surface area contributed by atoms with Gasteiger partial charge in [-0.15, -0.1) is 0 Å². The average molecular weight is 394 g/mol. The summed E-state index contributed by atoms with van der Waals surface area (Å²) in [6.07, 6.45) is 0. The molecule has 2 aliphatic heterocycles. The summed E-state index contributed by atoms with van der Waals surface area (Å²) in [5.41, 5.74) is 0.889. The second kappa shape index (κ2) is 8.66. The number of piperazine rings is 1. The maximum Gasteiger partial charge on any atom is 0.338 e. The average Bonchev–Trinajstić information content (AvgIpc) is 2.65. The summed E-state index contributed by atoms with van der Waals surface area (Å²) in [5.74, 6) is -2.65. The van der Waals surface area contributed by atoms with Crippen LogP contribution in [0.15, 0.2) is 29.5 Å². The molecule has 152 valence electrons. The fourth-order valence-electron chi connectivity index (χ4n) is 3.36. The van der Waals surface area contributed by atoms with E-state index in [4.69, 9.17) is 4.74 Å². The number of amides is 2. The molecule has 0 radical (unpaired) electrons. The van der Waals surface area contributed by atoms with Crippen LogP contribution >= 0.6 is 0 Å². The van der Waals surface area contributed by atoms with Gasteiger partial charge in [-0.3, -0.25) is 4.90 Å². The summed E-state index contributed by atoms with van der Waals surface area (Å²) in [4.78, 5) is 29.2. The SMILES string of the molecule is CCOC(=O)C1=C(CN2CCN(C)CC2)NC(=O)NC1c1ccc(F)c(F)c1. The van der Waals surface area contributed by atoms with Crippen molar-refractivity contribution in [2.45, 2.75) is 13.0 Å². The van der Waals surface area contributed by atoms with Crippen molar-refractivity contribution >= 4 is 12.0 Å². The van der Waals surface area contributed by atoms with Gasteiger partial charge in [-0.1, -0.05) is 6.07 Å². The van der Waals surface area contributed by atoms with E-state index in [2.05, 4.69) is 20.4 Å². The maximum atomic E-state index is 13.8. The van der Waals surface area contributed by atoms with E-state index in [-0.39, 0.29) is 17.7 Å². The highest BCUT2D eigenvalue weighted by molar-refractivity contribution is 5.95. The molecule has 0 spiro atoms. The van der Waals surface area contributed by atoms with Crippen LogP contribution in [0.25, 0.3) is 0 Å². The molecule has 1 atom stereocenters. The van der Waals surface area contributed by atoms with Gasteiger partial charge < -0.3 is 20.3 Å². The van der Waals surface area contributed by atoms with Crippen molar-refractivity contribution in [2.24, 2.45) is 0 Å². The first-order chi connectivity index (χ1) is 13.4. The number of esters is 1. The molecule has 1 fully saturated rings. The van der Waals surface area contributed by atoms with Crippen molar-refractivity contribution in [2.75, 3.05) is 46.4 Å². The van der Waals surface area contributed by atoms with E-state index in [0.29, 0.717) is 12.2 Å². The quantitative estimate of drug-likeness (QED) is 0.739. The molecule has 1 unspecified atom stereocenters. The zero-order valence-corrected chi connectivity index (χ0v) is 15.9. The van der Waals surface area contributed by atoms with Crippen molar-refractivity contribution in [1.82, 2.24) is 20.4 Å². The van der Waals surface area contributed by atoms with E-state index in [0.717, 1.165) is 38.3 Å². The molecule has 28 heavy (non-hydrogen) atoms. The fourth-order valence-corrected chi connectivity index (χ4v) is 3.36. The Balaban J connectivity index is 1.97. The lowest BCUT2D eigenvalue weighted by atomic mass is 9.94. The molecule has 0 aromatic heterocycles. The van der Waals surface area contributed by atoms with Gasteiger partial charge in [0.25, 0.3) is 0 Å². The van der Waals surface area contributed by atoms with Gasteiger partial charge in [-0.05, 0) is 31.7 Å². The summed E-state index contributed by atoms with van der Waals surface area (Å²) in [7, 11) is 2.03. The van der Waals surface area contributed by atoms with Crippen LogP contribution in [0, 0.1) is 11.6 Å². The molecule has 1 aromatic rings. The van der Waals surface area contributed by atoms with Crippen LogP contribution in [0.4, 0.5) is 13.6 Å². The molecule has 2 heterocycles. The van der Waals surface area contributed by atoms with Crippen LogP contribution in [0.3, 0.4) is 0 Å². The van der Waals surface area contributed by atoms with Crippen molar-refractivity contribution in [3.8, 4) is 0 Å². The lowest BCUT2D eigenvalue weighted by molar-refractivity contribution is -0.139. The number of carbonyl (C=O) groups excluding carboxylic acids is 2. The number of benzene rings is 1. The van der Waals surface area contributed by atoms with Gasteiger partial charge in [0.2, 0.25) is 0 Å². The first kappa shape index (κ1) is 20.2. The number of hydrogen-bond donors (Lipinski definition) is 2. The maximum absolute atomic E-state index is 13.8. The predicted molar refractivity (Wildman–Crippen MR) is 98.4 cm³/mol. The zero-order chi connectivity index (χ0) is 20.3. The van der Waals surface area contributed by atoms with E-state index in [1.807, 2.05) is 7.05 Å². The van der Waals surface area contributed by atoms with Gasteiger partial charge in [-0.2, -0.15) is 0 Å². The number of likely N-dealkylation sites (N-methyl/N-ethyl adjacent to an activating group) is 1. The molecule has 1 saturated heterocycles. The minimum Gasteiger partial charge on any atom is -0.463 e. The number of carbonyl (C=O) groups is 2. The summed E-state index contributed by atoms with van der Waals surface area (Å²) >= 11 is 0. The smallest absolute Gasteiger partial charge is 0.338 e. The number of hydrogen-bond acceptors (Lipinski definition) is 5. The van der Waals surface area contributed by atoms with E-state index in [1.165, 1.54) is 6.07 Å². The highest BCUT2D eigenvalue weighted by Gasteiger charge is 2.35. The van der Waals surface area contributed by atoms with Crippen LogP contribution in [-0.2, 0) is 9.53 Å². The lowest BCUT2D eigenvalue weighted by Gasteiger charge is -2.35. The normalized spacial score (nSPS) is 21.3. The van der Waals surface area contributed by atoms with Crippen molar-refractivity contribution in [3.63, 3.8) is 0 Å². The van der Waals surface area contributed by atoms with Gasteiger partial charge in [0.05, 0.1) is 18.2 Å². The molecule has 7 nitrogen and oxygen atoms in total.